The van der Waals surface area contributed by atoms with Gasteiger partial charge >= 0.3 is 0 Å². The fraction of sp³-hybridized carbons (Fsp3) is 0.294. The highest BCUT2D eigenvalue weighted by molar-refractivity contribution is 7.89. The van der Waals surface area contributed by atoms with Crippen LogP contribution in [0, 0.1) is 0 Å². The average Bonchev–Trinajstić information content (AvgIpc) is 2.56. The van der Waals surface area contributed by atoms with Gasteiger partial charge in [-0.25, -0.2) is 12.7 Å². The molecule has 0 unspecified atom stereocenters. The molecule has 0 saturated heterocycles. The van der Waals surface area contributed by atoms with Crippen molar-refractivity contribution in [2.24, 2.45) is 0 Å². The van der Waals surface area contributed by atoms with Gasteiger partial charge < -0.3 is 9.47 Å². The van der Waals surface area contributed by atoms with Crippen molar-refractivity contribution in [2.75, 3.05) is 26.5 Å². The van der Waals surface area contributed by atoms with Gasteiger partial charge in [-0.1, -0.05) is 30.3 Å². The zero-order valence-corrected chi connectivity index (χ0v) is 14.1. The van der Waals surface area contributed by atoms with Gasteiger partial charge in [-0.05, 0) is 29.8 Å². The van der Waals surface area contributed by atoms with Gasteiger partial charge in [0.2, 0.25) is 10.0 Å². The maximum Gasteiger partial charge on any atom is 0.217 e. The van der Waals surface area contributed by atoms with Crippen LogP contribution in [0.25, 0.3) is 0 Å². The predicted octanol–water partition coefficient (Wildman–Crippen LogP) is 2.54. The molecule has 0 amide bonds. The Hall–Kier alpha value is -2.05. The van der Waals surface area contributed by atoms with Crippen molar-refractivity contribution in [3.05, 3.63) is 60.2 Å². The van der Waals surface area contributed by atoms with E-state index in [4.69, 9.17) is 9.47 Å². The first-order valence-electron chi connectivity index (χ1n) is 7.26. The van der Waals surface area contributed by atoms with Gasteiger partial charge in [0, 0.05) is 13.6 Å². The molecule has 0 aliphatic rings. The molecule has 0 aromatic heterocycles. The van der Waals surface area contributed by atoms with Gasteiger partial charge in [0.05, 0.1) is 12.9 Å². The fourth-order valence-electron chi connectivity index (χ4n) is 2.03. The zero-order chi connectivity index (χ0) is 16.7. The molecule has 2 aromatic carbocycles. The lowest BCUT2D eigenvalue weighted by molar-refractivity contribution is 0.335. The lowest BCUT2D eigenvalue weighted by Crippen LogP contribution is -2.31. The largest absolute Gasteiger partial charge is 0.497 e. The van der Waals surface area contributed by atoms with Gasteiger partial charge in [-0.15, -0.1) is 0 Å². The van der Waals surface area contributed by atoms with E-state index in [2.05, 4.69) is 0 Å². The molecule has 0 spiro atoms. The Kier molecular flexibility index (Phi) is 6.01. The number of hydrogen-bond acceptors (Lipinski definition) is 4. The molecule has 2 rings (SSSR count). The first-order chi connectivity index (χ1) is 11.0. The number of benzene rings is 2. The first kappa shape index (κ1) is 17.3. The van der Waals surface area contributed by atoms with Crippen LogP contribution in [0.1, 0.15) is 5.56 Å². The second kappa shape index (κ2) is 7.99. The standard InChI is InChI=1S/C17H21NO4S/c1-18(14-15-6-4-3-5-7-15)23(19,20)13-12-22-17-10-8-16(21-2)9-11-17/h3-11H,12-14H2,1-2H3. The Labute approximate surface area is 137 Å². The summed E-state index contributed by atoms with van der Waals surface area (Å²) in [5.41, 5.74) is 0.953. The molecule has 0 N–H and O–H groups in total. The molecule has 0 atom stereocenters. The Morgan fingerprint density at radius 1 is 0.957 bits per heavy atom. The third-order valence-electron chi connectivity index (χ3n) is 3.39. The number of ether oxygens (including phenoxy) is 2. The highest BCUT2D eigenvalue weighted by atomic mass is 32.2. The average molecular weight is 335 g/mol. The number of sulfonamides is 1. The van der Waals surface area contributed by atoms with Crippen LogP contribution >= 0.6 is 0 Å². The topological polar surface area (TPSA) is 55.8 Å². The molecule has 124 valence electrons. The summed E-state index contributed by atoms with van der Waals surface area (Å²) < 4.78 is 36.4. The normalized spacial score (nSPS) is 11.4. The maximum atomic E-state index is 12.3. The van der Waals surface area contributed by atoms with E-state index in [9.17, 15) is 8.42 Å². The molecule has 0 bridgehead atoms. The van der Waals surface area contributed by atoms with E-state index < -0.39 is 10.0 Å². The van der Waals surface area contributed by atoms with Crippen LogP contribution in [0.15, 0.2) is 54.6 Å². The minimum absolute atomic E-state index is 0.0671. The van der Waals surface area contributed by atoms with E-state index >= 15 is 0 Å². The number of nitrogens with zero attached hydrogens (tertiary/aromatic N) is 1. The Balaban J connectivity index is 1.85. The Morgan fingerprint density at radius 3 is 2.17 bits per heavy atom. The molecule has 23 heavy (non-hydrogen) atoms. The fourth-order valence-corrected chi connectivity index (χ4v) is 2.98. The second-order valence-electron chi connectivity index (χ2n) is 5.08. The monoisotopic (exact) mass is 335 g/mol. The summed E-state index contributed by atoms with van der Waals surface area (Å²) in [5.74, 6) is 1.28. The third-order valence-corrected chi connectivity index (χ3v) is 5.15. The summed E-state index contributed by atoms with van der Waals surface area (Å²) in [7, 11) is -0.190. The molecule has 0 aliphatic heterocycles. The summed E-state index contributed by atoms with van der Waals surface area (Å²) in [5, 5.41) is 0. The number of methoxy groups -OCH3 is 1. The summed E-state index contributed by atoms with van der Waals surface area (Å²) in [6.07, 6.45) is 0. The maximum absolute atomic E-state index is 12.3. The van der Waals surface area contributed by atoms with Crippen molar-refractivity contribution in [3.8, 4) is 11.5 Å². The molecule has 0 fully saturated rings. The highest BCUT2D eigenvalue weighted by Gasteiger charge is 2.18. The van der Waals surface area contributed by atoms with Crippen molar-refractivity contribution in [1.82, 2.24) is 4.31 Å². The number of rotatable bonds is 8. The van der Waals surface area contributed by atoms with Crippen molar-refractivity contribution in [1.29, 1.82) is 0 Å². The summed E-state index contributed by atoms with van der Waals surface area (Å²) >= 11 is 0. The van der Waals surface area contributed by atoms with Crippen LogP contribution in [0.4, 0.5) is 0 Å². The molecule has 5 nitrogen and oxygen atoms in total. The van der Waals surface area contributed by atoms with Crippen molar-refractivity contribution >= 4 is 10.0 Å². The predicted molar refractivity (Wildman–Crippen MR) is 90.2 cm³/mol. The molecule has 0 saturated carbocycles. The van der Waals surface area contributed by atoms with Crippen LogP contribution in [0.2, 0.25) is 0 Å². The van der Waals surface area contributed by atoms with Crippen LogP contribution < -0.4 is 9.47 Å². The Morgan fingerprint density at radius 2 is 1.57 bits per heavy atom. The van der Waals surface area contributed by atoms with E-state index in [0.717, 1.165) is 11.3 Å². The second-order valence-corrected chi connectivity index (χ2v) is 7.28. The quantitative estimate of drug-likeness (QED) is 0.744. The molecule has 0 aliphatic carbocycles. The van der Waals surface area contributed by atoms with Crippen LogP contribution in [0.5, 0.6) is 11.5 Å². The summed E-state index contributed by atoms with van der Waals surface area (Å²) in [4.78, 5) is 0. The molecule has 0 heterocycles. The minimum Gasteiger partial charge on any atom is -0.497 e. The molecule has 2 aromatic rings. The van der Waals surface area contributed by atoms with Crippen LogP contribution in [0.3, 0.4) is 0 Å². The zero-order valence-electron chi connectivity index (χ0n) is 13.3. The first-order valence-corrected chi connectivity index (χ1v) is 8.87. The lowest BCUT2D eigenvalue weighted by atomic mass is 10.2. The lowest BCUT2D eigenvalue weighted by Gasteiger charge is -2.17. The van der Waals surface area contributed by atoms with Gasteiger partial charge in [-0.3, -0.25) is 0 Å². The molecular weight excluding hydrogens is 314 g/mol. The van der Waals surface area contributed by atoms with Crippen molar-refractivity contribution < 1.29 is 17.9 Å². The smallest absolute Gasteiger partial charge is 0.217 e. The van der Waals surface area contributed by atoms with E-state index in [-0.39, 0.29) is 12.4 Å². The SMILES string of the molecule is COc1ccc(OCCS(=O)(=O)N(C)Cc2ccccc2)cc1. The van der Waals surface area contributed by atoms with Crippen LogP contribution in [-0.2, 0) is 16.6 Å². The van der Waals surface area contributed by atoms with E-state index in [1.165, 1.54) is 4.31 Å². The number of hydrogen-bond donors (Lipinski definition) is 0. The highest BCUT2D eigenvalue weighted by Crippen LogP contribution is 2.17. The van der Waals surface area contributed by atoms with Crippen LogP contribution in [-0.4, -0.2) is 39.2 Å². The molecular formula is C17H21NO4S. The third kappa shape index (κ3) is 5.26. The summed E-state index contributed by atoms with van der Waals surface area (Å²) in [6, 6.07) is 16.5. The van der Waals surface area contributed by atoms with Gasteiger partial charge in [0.25, 0.3) is 0 Å². The van der Waals surface area contributed by atoms with E-state index in [1.54, 1.807) is 38.4 Å². The van der Waals surface area contributed by atoms with Gasteiger partial charge in [0.15, 0.2) is 0 Å². The summed E-state index contributed by atoms with van der Waals surface area (Å²) in [6.45, 7) is 0.458. The van der Waals surface area contributed by atoms with Crippen molar-refractivity contribution in [3.63, 3.8) is 0 Å². The van der Waals surface area contributed by atoms with E-state index in [0.29, 0.717) is 12.3 Å². The van der Waals surface area contributed by atoms with Gasteiger partial charge in [0.1, 0.15) is 18.1 Å². The van der Waals surface area contributed by atoms with Crippen molar-refractivity contribution in [2.45, 2.75) is 6.54 Å². The molecule has 0 radical (unpaired) electrons. The van der Waals surface area contributed by atoms with Gasteiger partial charge in [-0.2, -0.15) is 0 Å². The minimum atomic E-state index is -3.36. The Bertz CT molecular complexity index is 699. The molecule has 6 heteroatoms. The van der Waals surface area contributed by atoms with E-state index in [1.807, 2.05) is 30.3 Å².